The van der Waals surface area contributed by atoms with Gasteiger partial charge in [0.05, 0.1) is 0 Å². The van der Waals surface area contributed by atoms with Gasteiger partial charge < -0.3 is 6.15 Å². The van der Waals surface area contributed by atoms with Gasteiger partial charge in [-0.25, -0.2) is 0 Å². The van der Waals surface area contributed by atoms with E-state index in [2.05, 4.69) is 0 Å². The van der Waals surface area contributed by atoms with Gasteiger partial charge in [-0.2, -0.15) is 0 Å². The summed E-state index contributed by atoms with van der Waals surface area (Å²) >= 11 is 0. The first-order valence-electron chi connectivity index (χ1n) is 0. The number of hydrogen-bond acceptors (Lipinski definition) is 1. The van der Waals surface area contributed by atoms with E-state index >= 15 is 0 Å². The number of hydrogen-bond donors (Lipinski definition) is 1. The van der Waals surface area contributed by atoms with Gasteiger partial charge in [0.2, 0.25) is 0 Å². The van der Waals surface area contributed by atoms with Crippen molar-refractivity contribution >= 4 is 0 Å². The van der Waals surface area contributed by atoms with Crippen LogP contribution in [0.4, 0.5) is 0 Å². The molecule has 0 radical (unpaired) electrons. The minimum absolute atomic E-state index is 0. The first-order valence-corrected chi connectivity index (χ1v) is 0. The Balaban J connectivity index is 0. The van der Waals surface area contributed by atoms with Crippen molar-refractivity contribution in [1.29, 1.82) is 0 Å². The average Bonchev–Trinajstić information content (AvgIpc) is 0. The van der Waals surface area contributed by atoms with Gasteiger partial charge in [-0.1, -0.05) is 0 Å². The fourth-order valence-corrected chi connectivity index (χ4v) is 0. The summed E-state index contributed by atoms with van der Waals surface area (Å²) in [5.41, 5.74) is 0. The van der Waals surface area contributed by atoms with Crippen LogP contribution in [0, 0.1) is 0 Å². The monoisotopic (exact) mass is 311 g/mol. The Hall–Kier alpha value is 2.02. The summed E-state index contributed by atoms with van der Waals surface area (Å²) in [6, 6.07) is 0. The van der Waals surface area contributed by atoms with Gasteiger partial charge in [0, 0.05) is 0 Å². The fraction of sp³-hybridized carbons (Fsp3) is 0. The smallest absolute Gasteiger partial charge is 0.344 e. The van der Waals surface area contributed by atoms with Gasteiger partial charge in [-0.15, -0.1) is 0 Å². The van der Waals surface area contributed by atoms with Gasteiger partial charge in [0.15, 0.2) is 0 Å². The van der Waals surface area contributed by atoms with Gasteiger partial charge in [0.25, 0.3) is 0 Å². The van der Waals surface area contributed by atoms with Crippen LogP contribution in [0.15, 0.2) is 0 Å². The first-order chi connectivity index (χ1) is 0. The van der Waals surface area contributed by atoms with E-state index in [1.165, 1.54) is 0 Å². The maximum absolute atomic E-state index is 0. The molecule has 0 bridgehead atoms. The van der Waals surface area contributed by atoms with Crippen LogP contribution in [0.25, 0.3) is 0 Å². The van der Waals surface area contributed by atoms with Crippen molar-refractivity contribution in [3.05, 3.63) is 0 Å². The van der Waals surface area contributed by atoms with E-state index in [0.717, 1.165) is 0 Å². The molecule has 1 nitrogen and oxygen atoms in total. The van der Waals surface area contributed by atoms with E-state index in [9.17, 15) is 0 Å². The molecule has 3 N–H and O–H groups in total. The molecule has 0 spiro atoms. The maximum Gasteiger partial charge on any atom is 4.00 e. The molecule has 0 saturated heterocycles. The van der Waals surface area contributed by atoms with Gasteiger partial charge >= 0.3 is 63.2 Å². The molecule has 0 aliphatic rings. The molecular formula is H3Mo3N+12. The summed E-state index contributed by atoms with van der Waals surface area (Å²) in [5.74, 6) is 0. The SMILES string of the molecule is N.[Mo+4].[Mo+4].[Mo+4]. The Kier molecular flexibility index (Phi) is 184. The summed E-state index contributed by atoms with van der Waals surface area (Å²) in [6.07, 6.45) is 0. The molecule has 0 aromatic rings. The van der Waals surface area contributed by atoms with Crippen LogP contribution in [0.5, 0.6) is 0 Å². The number of rotatable bonds is 0. The standard InChI is InChI=1S/3Mo.H3N/h;;;1H3/q3*+4;. The summed E-state index contributed by atoms with van der Waals surface area (Å²) in [6.45, 7) is 0. The van der Waals surface area contributed by atoms with Crippen LogP contribution < -0.4 is 6.15 Å². The minimum Gasteiger partial charge on any atom is -0.344 e. The molecule has 0 aromatic carbocycles. The van der Waals surface area contributed by atoms with Crippen molar-refractivity contribution < 1.29 is 63.2 Å². The minimum atomic E-state index is 0. The van der Waals surface area contributed by atoms with Crippen LogP contribution in [0.3, 0.4) is 0 Å². The van der Waals surface area contributed by atoms with Crippen LogP contribution in [0.2, 0.25) is 0 Å². The van der Waals surface area contributed by atoms with Crippen molar-refractivity contribution in [2.75, 3.05) is 0 Å². The Bertz CT molecular complexity index is 3.25. The topological polar surface area (TPSA) is 35.0 Å². The predicted molar refractivity (Wildman–Crippen MR) is 5.02 cm³/mol. The van der Waals surface area contributed by atoms with Gasteiger partial charge in [-0.3, -0.25) is 0 Å². The molecule has 0 heterocycles. The molecule has 0 aliphatic heterocycles. The molecule has 0 amide bonds. The summed E-state index contributed by atoms with van der Waals surface area (Å²) < 4.78 is 0. The zero-order valence-electron chi connectivity index (χ0n) is 1.93. The van der Waals surface area contributed by atoms with Crippen molar-refractivity contribution in [2.45, 2.75) is 0 Å². The molecule has 0 fully saturated rings. The van der Waals surface area contributed by atoms with E-state index in [1.54, 1.807) is 0 Å². The Morgan fingerprint density at radius 3 is 0.500 bits per heavy atom. The summed E-state index contributed by atoms with van der Waals surface area (Å²) in [7, 11) is 0. The van der Waals surface area contributed by atoms with Crippen LogP contribution in [0.1, 0.15) is 0 Å². The summed E-state index contributed by atoms with van der Waals surface area (Å²) in [5, 5.41) is 0. The van der Waals surface area contributed by atoms with Gasteiger partial charge in [0.1, 0.15) is 0 Å². The van der Waals surface area contributed by atoms with Crippen LogP contribution >= 0.6 is 0 Å². The third-order valence-corrected chi connectivity index (χ3v) is 0. The van der Waals surface area contributed by atoms with Crippen molar-refractivity contribution in [3.8, 4) is 0 Å². The van der Waals surface area contributed by atoms with Crippen LogP contribution in [-0.2, 0) is 63.2 Å². The normalized spacial score (nSPS) is 0. The maximum atomic E-state index is 0. The molecule has 0 aliphatic carbocycles. The molecule has 0 unspecified atom stereocenters. The third kappa shape index (κ3) is 8.98. The predicted octanol–water partition coefficient (Wildman–Crippen LogP) is 0.154. The van der Waals surface area contributed by atoms with E-state index in [1.807, 2.05) is 0 Å². The van der Waals surface area contributed by atoms with E-state index in [0.29, 0.717) is 0 Å². The zero-order chi connectivity index (χ0) is 0. The molecule has 0 aromatic heterocycles. The van der Waals surface area contributed by atoms with Crippen molar-refractivity contribution in [3.63, 3.8) is 0 Å². The van der Waals surface area contributed by atoms with E-state index < -0.39 is 0 Å². The Morgan fingerprint density at radius 2 is 0.500 bits per heavy atom. The average molecular weight is 305 g/mol. The van der Waals surface area contributed by atoms with Gasteiger partial charge in [-0.05, 0) is 0 Å². The second-order valence-electron chi connectivity index (χ2n) is 0. The second-order valence-corrected chi connectivity index (χ2v) is 0. The Labute approximate surface area is 68.7 Å². The van der Waals surface area contributed by atoms with Crippen molar-refractivity contribution in [1.82, 2.24) is 6.15 Å². The van der Waals surface area contributed by atoms with E-state index in [-0.39, 0.29) is 69.3 Å². The molecule has 0 saturated carbocycles. The summed E-state index contributed by atoms with van der Waals surface area (Å²) in [4.78, 5) is 0. The molecule has 4 heteroatoms. The Morgan fingerprint density at radius 1 is 0.500 bits per heavy atom. The van der Waals surface area contributed by atoms with E-state index in [4.69, 9.17) is 0 Å². The second kappa shape index (κ2) is 19.9. The van der Waals surface area contributed by atoms with Crippen LogP contribution in [-0.4, -0.2) is 0 Å². The third-order valence-electron chi connectivity index (χ3n) is 0. The molecule has 4 heavy (non-hydrogen) atoms. The first kappa shape index (κ1) is 37.1. The molecule has 0 atom stereocenters. The molecular weight excluding hydrogens is 302 g/mol. The largest absolute Gasteiger partial charge is 4.00 e. The fourth-order valence-electron chi connectivity index (χ4n) is 0. The molecule has 14 valence electrons. The molecule has 0 rings (SSSR count). The zero-order valence-corrected chi connectivity index (χ0v) is 7.95. The van der Waals surface area contributed by atoms with Crippen molar-refractivity contribution in [2.24, 2.45) is 0 Å². The quantitative estimate of drug-likeness (QED) is 0.636.